The minimum Gasteiger partial charge on any atom is -0.396 e. The van der Waals surface area contributed by atoms with Crippen LogP contribution in [0.1, 0.15) is 19.3 Å². The maximum atomic E-state index is 10.2. The van der Waals surface area contributed by atoms with E-state index in [4.69, 9.17) is 5.11 Å². The fourth-order valence-corrected chi connectivity index (χ4v) is 1.29. The third-order valence-electron chi connectivity index (χ3n) is 1.11. The van der Waals surface area contributed by atoms with Crippen molar-refractivity contribution in [1.82, 2.24) is 0 Å². The van der Waals surface area contributed by atoms with Crippen molar-refractivity contribution < 1.29 is 14.2 Å². The van der Waals surface area contributed by atoms with Crippen molar-refractivity contribution in [3.8, 4) is 0 Å². The molecule has 0 saturated heterocycles. The van der Waals surface area contributed by atoms with E-state index in [0.29, 0.717) is 12.8 Å². The summed E-state index contributed by atoms with van der Waals surface area (Å²) in [7, 11) is -0.132. The topological polar surface area (TPSA) is 54.4 Å². The number of aliphatic hydroxyl groups excluding tert-OH is 1. The second kappa shape index (κ2) is 7.27. The van der Waals surface area contributed by atoms with Crippen LogP contribution in [0.15, 0.2) is 0 Å². The minimum atomic E-state index is -0.272. The Morgan fingerprint density at radius 1 is 1.20 bits per heavy atom. The van der Waals surface area contributed by atoms with E-state index in [1.54, 1.807) is 0 Å². The molecule has 0 aromatic rings. The van der Waals surface area contributed by atoms with Gasteiger partial charge in [-0.1, -0.05) is 0 Å². The molecule has 10 heavy (non-hydrogen) atoms. The lowest BCUT2D eigenvalue weighted by Crippen LogP contribution is -1.89. The van der Waals surface area contributed by atoms with Gasteiger partial charge >= 0.3 is 0 Å². The highest BCUT2D eigenvalue weighted by Gasteiger charge is 2.05. The molecule has 0 spiro atoms. The van der Waals surface area contributed by atoms with Gasteiger partial charge in [-0.2, -0.15) is 0 Å². The molecule has 1 N–H and O–H groups in total. The minimum absolute atomic E-state index is 0.0662. The first-order valence-electron chi connectivity index (χ1n) is 3.11. The monoisotopic (exact) mass is 180 g/mol. The van der Waals surface area contributed by atoms with Gasteiger partial charge in [-0.15, -0.1) is 0 Å². The molecule has 0 bridgehead atoms. The lowest BCUT2D eigenvalue weighted by Gasteiger charge is -1.96. The molecule has 0 aliphatic carbocycles. The van der Waals surface area contributed by atoms with E-state index in [1.807, 2.05) is 0 Å². The first kappa shape index (κ1) is 10.2. The quantitative estimate of drug-likeness (QED) is 0.502. The number of hydrogen-bond donors (Lipinski definition) is 1. The summed E-state index contributed by atoms with van der Waals surface area (Å²) in [6.07, 6.45) is 2.13. The first-order chi connectivity index (χ1) is 4.85. The van der Waals surface area contributed by atoms with E-state index < -0.39 is 0 Å². The van der Waals surface area contributed by atoms with Gasteiger partial charge in [0.2, 0.25) is 0 Å². The van der Waals surface area contributed by atoms with Gasteiger partial charge in [0.1, 0.15) is 5.40 Å². The highest BCUT2D eigenvalue weighted by atomic mass is 31.1. The van der Waals surface area contributed by atoms with Gasteiger partial charge in [-0.3, -0.25) is 9.13 Å². The van der Waals surface area contributed by atoms with Gasteiger partial charge in [0.25, 0.3) is 0 Å². The van der Waals surface area contributed by atoms with Gasteiger partial charge in [0.15, 0.2) is 16.9 Å². The van der Waals surface area contributed by atoms with E-state index >= 15 is 0 Å². The summed E-state index contributed by atoms with van der Waals surface area (Å²) in [5, 5.41) is 8.09. The van der Waals surface area contributed by atoms with Crippen molar-refractivity contribution in [3.05, 3.63) is 0 Å². The predicted octanol–water partition coefficient (Wildman–Crippen LogP) is 2.06. The summed E-state index contributed by atoms with van der Waals surface area (Å²) in [6.45, 7) is 0.151. The van der Waals surface area contributed by atoms with Crippen LogP contribution in [0.2, 0.25) is 0 Å². The molecular formula is C5H10O3P2. The predicted molar refractivity (Wildman–Crippen MR) is 39.9 cm³/mol. The number of hydrogen-bond acceptors (Lipinski definition) is 3. The second-order valence-electron chi connectivity index (χ2n) is 1.91. The summed E-state index contributed by atoms with van der Waals surface area (Å²) in [5.74, 6) is 0. The van der Waals surface area contributed by atoms with Crippen LogP contribution in [-0.2, 0) is 9.13 Å². The molecule has 0 aliphatic heterocycles. The van der Waals surface area contributed by atoms with Crippen molar-refractivity contribution in [3.63, 3.8) is 0 Å². The molecule has 0 rings (SSSR count). The highest BCUT2D eigenvalue weighted by molar-refractivity contribution is 7.44. The fraction of sp³-hybridized carbons (Fsp3) is 1.00. The molecule has 58 valence electrons. The van der Waals surface area contributed by atoms with Crippen LogP contribution in [0.5, 0.6) is 0 Å². The van der Waals surface area contributed by atoms with Crippen LogP contribution in [0.25, 0.3) is 0 Å². The Hall–Kier alpha value is 0.160. The van der Waals surface area contributed by atoms with Crippen molar-refractivity contribution >= 4 is 16.9 Å². The molecule has 0 fully saturated rings. The Kier molecular flexibility index (Phi) is 7.39. The molecule has 0 atom stereocenters. The zero-order chi connectivity index (χ0) is 7.82. The number of rotatable bonds is 6. The van der Waals surface area contributed by atoms with Crippen LogP contribution >= 0.6 is 16.9 Å². The Balaban J connectivity index is 3.25. The molecule has 0 aromatic carbocycles. The van der Waals surface area contributed by atoms with Gasteiger partial charge in [0, 0.05) is 6.61 Å². The van der Waals surface area contributed by atoms with Crippen LogP contribution in [0.4, 0.5) is 0 Å². The smallest absolute Gasteiger partial charge is 0.171 e. The Labute approximate surface area is 63.2 Å². The van der Waals surface area contributed by atoms with E-state index in [2.05, 4.69) is 0 Å². The summed E-state index contributed by atoms with van der Waals surface area (Å²) in [5.41, 5.74) is 0. The lowest BCUT2D eigenvalue weighted by molar-refractivity contribution is 0.284. The molecular weight excluding hydrogens is 170 g/mol. The molecule has 0 unspecified atom stereocenters. The van der Waals surface area contributed by atoms with Crippen LogP contribution in [0, 0.1) is 0 Å². The Bertz CT molecular complexity index is 99.1. The second-order valence-corrected chi connectivity index (χ2v) is 3.99. The average molecular weight is 180 g/mol. The zero-order valence-corrected chi connectivity index (χ0v) is 7.35. The lowest BCUT2D eigenvalue weighted by atomic mass is 10.3. The van der Waals surface area contributed by atoms with Crippen molar-refractivity contribution in [2.45, 2.75) is 24.7 Å². The van der Waals surface area contributed by atoms with Crippen molar-refractivity contribution in [1.29, 1.82) is 0 Å². The summed E-state index contributed by atoms with van der Waals surface area (Å²) >= 11 is 0. The summed E-state index contributed by atoms with van der Waals surface area (Å²) < 4.78 is 20.3. The molecule has 5 heteroatoms. The normalized spacial score (nSPS) is 14.1. The SMILES string of the molecule is O=PC(CCCCO)P=O. The fourth-order valence-electron chi connectivity index (χ4n) is 0.563. The largest absolute Gasteiger partial charge is 0.396 e. The number of aliphatic hydroxyl groups is 1. The van der Waals surface area contributed by atoms with Crippen molar-refractivity contribution in [2.24, 2.45) is 0 Å². The first-order valence-corrected chi connectivity index (χ1v) is 4.87. The van der Waals surface area contributed by atoms with E-state index in [9.17, 15) is 9.13 Å². The molecule has 3 nitrogen and oxygen atoms in total. The van der Waals surface area contributed by atoms with Gasteiger partial charge in [-0.25, -0.2) is 0 Å². The van der Waals surface area contributed by atoms with E-state index in [0.717, 1.165) is 6.42 Å². The van der Waals surface area contributed by atoms with Gasteiger partial charge in [-0.05, 0) is 19.3 Å². The van der Waals surface area contributed by atoms with E-state index in [1.165, 1.54) is 0 Å². The third kappa shape index (κ3) is 4.99. The molecule has 0 amide bonds. The zero-order valence-electron chi connectivity index (χ0n) is 5.56. The highest BCUT2D eigenvalue weighted by Crippen LogP contribution is 2.24. The summed E-state index contributed by atoms with van der Waals surface area (Å²) in [4.78, 5) is 0. The molecule has 0 radical (unpaired) electrons. The van der Waals surface area contributed by atoms with Gasteiger partial charge in [0.05, 0.1) is 0 Å². The van der Waals surface area contributed by atoms with Gasteiger partial charge < -0.3 is 5.11 Å². The molecule has 0 aromatic heterocycles. The Morgan fingerprint density at radius 2 is 1.80 bits per heavy atom. The van der Waals surface area contributed by atoms with Crippen molar-refractivity contribution in [2.75, 3.05) is 6.61 Å². The molecule has 0 heterocycles. The average Bonchev–Trinajstić information content (AvgIpc) is 1.99. The van der Waals surface area contributed by atoms with E-state index in [-0.39, 0.29) is 28.9 Å². The standard InChI is InChI=1S/C5H10O3P2/c6-4-2-1-3-5(9-7)10-8/h5-6H,1-4H2. The van der Waals surface area contributed by atoms with Crippen LogP contribution in [0.3, 0.4) is 0 Å². The molecule has 0 saturated carbocycles. The maximum Gasteiger partial charge on any atom is 0.171 e. The third-order valence-corrected chi connectivity index (χ3v) is 2.68. The van der Waals surface area contributed by atoms with Crippen LogP contribution in [-0.4, -0.2) is 17.1 Å². The number of unbranched alkanes of at least 4 members (excludes halogenated alkanes) is 1. The summed E-state index contributed by atoms with van der Waals surface area (Å²) in [6, 6.07) is 0. The Morgan fingerprint density at radius 3 is 2.20 bits per heavy atom. The maximum absolute atomic E-state index is 10.2. The molecule has 0 aliphatic rings. The van der Waals surface area contributed by atoms with Crippen LogP contribution < -0.4 is 0 Å².